The van der Waals surface area contributed by atoms with E-state index < -0.39 is 11.0 Å². The molecule has 11 heteroatoms. The van der Waals surface area contributed by atoms with Gasteiger partial charge in [0.1, 0.15) is 11.7 Å². The Morgan fingerprint density at radius 1 is 0.712 bits per heavy atom. The number of rotatable bonds is 11. The Balaban J connectivity index is 1.14. The van der Waals surface area contributed by atoms with Crippen molar-refractivity contribution >= 4 is 28.7 Å². The number of para-hydroxylation sites is 2. The van der Waals surface area contributed by atoms with Gasteiger partial charge in [0.25, 0.3) is 0 Å². The number of quaternary nitrogens is 1. The Kier molecular flexibility index (Phi) is 11.5. The van der Waals surface area contributed by atoms with Gasteiger partial charge in [0.2, 0.25) is 5.88 Å². The molecule has 0 radical (unpaired) electrons. The molecule has 1 aliphatic carbocycles. The van der Waals surface area contributed by atoms with Gasteiger partial charge in [-0.05, 0) is 69.1 Å². The van der Waals surface area contributed by atoms with Crippen LogP contribution in [0.4, 0.5) is 22.7 Å². The first-order valence-corrected chi connectivity index (χ1v) is 22.1. The number of aliphatic hydroxyl groups is 1. The lowest BCUT2D eigenvalue weighted by molar-refractivity contribution is -0.133. The molecule has 9 rings (SSSR count). The van der Waals surface area contributed by atoms with Crippen LogP contribution >= 0.6 is 0 Å². The average molecular weight is 801 g/mol. The lowest BCUT2D eigenvalue weighted by atomic mass is 9.74. The van der Waals surface area contributed by atoms with E-state index in [0.717, 1.165) is 89.4 Å². The predicted molar refractivity (Wildman–Crippen MR) is 233 cm³/mol. The van der Waals surface area contributed by atoms with Gasteiger partial charge in [0.15, 0.2) is 11.4 Å². The second-order valence-electron chi connectivity index (χ2n) is 18.0. The summed E-state index contributed by atoms with van der Waals surface area (Å²) in [7, 11) is 4.39. The number of hydrogen-bond acceptors (Lipinski definition) is 10. The molecule has 312 valence electrons. The number of amides is 1. The summed E-state index contributed by atoms with van der Waals surface area (Å²) in [4.78, 5) is 36.1. The molecule has 0 spiro atoms. The van der Waals surface area contributed by atoms with Crippen molar-refractivity contribution in [3.8, 4) is 5.88 Å². The summed E-state index contributed by atoms with van der Waals surface area (Å²) in [6.07, 6.45) is 10.8. The highest BCUT2D eigenvalue weighted by Gasteiger charge is 2.61. The fraction of sp³-hybridized carbons (Fsp3) is 0.521. The van der Waals surface area contributed by atoms with Gasteiger partial charge in [-0.15, -0.1) is 0 Å². The van der Waals surface area contributed by atoms with E-state index in [2.05, 4.69) is 88.3 Å². The van der Waals surface area contributed by atoms with E-state index in [0.29, 0.717) is 63.4 Å². The molecule has 5 fully saturated rings. The maximum absolute atomic E-state index is 16.4. The topological polar surface area (TPSA) is 94.5 Å². The first-order valence-electron chi connectivity index (χ1n) is 22.1. The third-order valence-corrected chi connectivity index (χ3v) is 14.2. The van der Waals surface area contributed by atoms with Gasteiger partial charge in [-0.2, -0.15) is 4.48 Å². The standard InChI is InChI=1S/C48H62N7O4/c1-51-22-26-53(27-23-51)42-11-5-3-9-37(42)33-47(34-38-10-4-6-12-43(38)54-28-24-52(2)25-29-54)21-30-55(46(47)56,39-13-15-44(49-35-39)48(57)19-7-8-20-48)40-14-16-45(50-36-40)59-41-17-31-58-32-18-41/h3-6,9-16,35-36,41,57H,7-8,17-34H2,1-2H3/q+1/t55-/m0/s1. The van der Waals surface area contributed by atoms with Gasteiger partial charge in [0, 0.05) is 101 Å². The van der Waals surface area contributed by atoms with E-state index in [1.165, 1.54) is 22.5 Å². The molecule has 2 aromatic heterocycles. The van der Waals surface area contributed by atoms with E-state index in [1.54, 1.807) is 0 Å². The summed E-state index contributed by atoms with van der Waals surface area (Å²) >= 11 is 0. The molecule has 0 bridgehead atoms. The number of pyridine rings is 2. The number of carbonyl (C=O) groups is 1. The Morgan fingerprint density at radius 3 is 1.78 bits per heavy atom. The number of anilines is 2. The van der Waals surface area contributed by atoms with Gasteiger partial charge < -0.3 is 34.2 Å². The first kappa shape index (κ1) is 40.0. The van der Waals surface area contributed by atoms with Crippen LogP contribution in [-0.2, 0) is 28.0 Å². The Bertz CT molecular complexity index is 1980. The Morgan fingerprint density at radius 2 is 1.25 bits per heavy atom. The van der Waals surface area contributed by atoms with Crippen LogP contribution in [0.2, 0.25) is 0 Å². The number of ether oxygens (including phenoxy) is 2. The van der Waals surface area contributed by atoms with E-state index in [-0.39, 0.29) is 16.5 Å². The SMILES string of the molecule is CN1CCN(c2ccccc2CC2(Cc3ccccc3N3CCN(C)CC3)CC[N@@+](c3ccc(OC4CCOCC4)nc3)(c3ccc(C4(O)CCCC4)nc3)C2=O)CC1. The Hall–Kier alpha value is -4.39. The largest absolute Gasteiger partial charge is 0.474 e. The van der Waals surface area contributed by atoms with Crippen molar-refractivity contribution < 1.29 is 19.4 Å². The molecule has 0 unspecified atom stereocenters. The van der Waals surface area contributed by atoms with Crippen LogP contribution in [0, 0.1) is 5.41 Å². The summed E-state index contributed by atoms with van der Waals surface area (Å²) < 4.78 is 11.9. The van der Waals surface area contributed by atoms with Crippen molar-refractivity contribution in [3.63, 3.8) is 0 Å². The lowest BCUT2D eigenvalue weighted by Gasteiger charge is -2.38. The van der Waals surface area contributed by atoms with Crippen LogP contribution in [0.5, 0.6) is 5.88 Å². The van der Waals surface area contributed by atoms with Crippen molar-refractivity contribution in [2.75, 3.05) is 96.0 Å². The van der Waals surface area contributed by atoms with Crippen molar-refractivity contribution in [3.05, 3.63) is 102 Å². The molecule has 5 aliphatic rings. The van der Waals surface area contributed by atoms with Gasteiger partial charge >= 0.3 is 5.91 Å². The maximum atomic E-state index is 16.4. The van der Waals surface area contributed by atoms with Crippen LogP contribution < -0.4 is 19.0 Å². The van der Waals surface area contributed by atoms with Crippen LogP contribution in [0.15, 0.2) is 85.2 Å². The molecule has 4 saturated heterocycles. The number of hydrogen-bond donors (Lipinski definition) is 1. The number of aromatic nitrogens is 2. The smallest absolute Gasteiger partial charge is 0.330 e. The number of likely N-dealkylation sites (N-methyl/N-ethyl adjacent to an activating group) is 2. The van der Waals surface area contributed by atoms with Crippen molar-refractivity contribution in [1.29, 1.82) is 0 Å². The minimum Gasteiger partial charge on any atom is -0.474 e. The summed E-state index contributed by atoms with van der Waals surface area (Å²) in [5, 5.41) is 11.5. The zero-order chi connectivity index (χ0) is 40.5. The van der Waals surface area contributed by atoms with E-state index in [9.17, 15) is 5.11 Å². The molecule has 1 saturated carbocycles. The molecular weight excluding hydrogens is 739 g/mol. The second kappa shape index (κ2) is 16.9. The minimum atomic E-state index is -0.924. The molecule has 4 aromatic rings. The molecular formula is C48H62N7O4+. The van der Waals surface area contributed by atoms with Crippen LogP contribution in [0.25, 0.3) is 0 Å². The van der Waals surface area contributed by atoms with Gasteiger partial charge in [-0.25, -0.2) is 9.78 Å². The molecule has 59 heavy (non-hydrogen) atoms. The van der Waals surface area contributed by atoms with Crippen LogP contribution in [0.1, 0.15) is 61.8 Å². The summed E-state index contributed by atoms with van der Waals surface area (Å²) in [6.45, 7) is 9.81. The zero-order valence-corrected chi connectivity index (χ0v) is 35.1. The minimum absolute atomic E-state index is 0.00358. The fourth-order valence-electron chi connectivity index (χ4n) is 10.5. The van der Waals surface area contributed by atoms with Crippen molar-refractivity contribution in [1.82, 2.24) is 24.3 Å². The number of nitrogens with zero attached hydrogens (tertiary/aromatic N) is 7. The van der Waals surface area contributed by atoms with Crippen molar-refractivity contribution in [2.45, 2.75) is 69.5 Å². The quantitative estimate of drug-likeness (QED) is 0.173. The molecule has 1 amide bonds. The molecule has 11 nitrogen and oxygen atoms in total. The second-order valence-corrected chi connectivity index (χ2v) is 18.0. The predicted octanol–water partition coefficient (Wildman–Crippen LogP) is 6.34. The summed E-state index contributed by atoms with van der Waals surface area (Å²) in [6, 6.07) is 25.6. The van der Waals surface area contributed by atoms with Crippen LogP contribution in [0.3, 0.4) is 0 Å². The van der Waals surface area contributed by atoms with E-state index in [4.69, 9.17) is 19.4 Å². The summed E-state index contributed by atoms with van der Waals surface area (Å²) in [5.74, 6) is 0.726. The van der Waals surface area contributed by atoms with Crippen LogP contribution in [-0.4, -0.2) is 123 Å². The number of benzene rings is 2. The van der Waals surface area contributed by atoms with E-state index in [1.807, 2.05) is 30.6 Å². The molecule has 6 heterocycles. The highest BCUT2D eigenvalue weighted by molar-refractivity contribution is 6.01. The fourth-order valence-corrected chi connectivity index (χ4v) is 10.5. The molecule has 1 atom stereocenters. The maximum Gasteiger partial charge on any atom is 0.330 e. The van der Waals surface area contributed by atoms with Gasteiger partial charge in [-0.1, -0.05) is 49.2 Å². The number of piperazine rings is 2. The highest BCUT2D eigenvalue weighted by Crippen LogP contribution is 2.52. The third-order valence-electron chi connectivity index (χ3n) is 14.2. The monoisotopic (exact) mass is 800 g/mol. The third kappa shape index (κ3) is 8.00. The molecule has 4 aliphatic heterocycles. The van der Waals surface area contributed by atoms with Crippen molar-refractivity contribution in [2.24, 2.45) is 5.41 Å². The normalized spacial score (nSPS) is 24.2. The highest BCUT2D eigenvalue weighted by atomic mass is 16.5. The average Bonchev–Trinajstić information content (AvgIpc) is 3.84. The van der Waals surface area contributed by atoms with E-state index >= 15 is 4.79 Å². The van der Waals surface area contributed by atoms with Gasteiger partial charge in [0.05, 0.1) is 43.3 Å². The molecule has 1 N–H and O–H groups in total. The lowest BCUT2D eigenvalue weighted by Crippen LogP contribution is -2.51. The van der Waals surface area contributed by atoms with Gasteiger partial charge in [-0.3, -0.25) is 4.98 Å². The molecule has 2 aromatic carbocycles. The summed E-state index contributed by atoms with van der Waals surface area (Å²) in [5.41, 5.74) is 5.55. The zero-order valence-electron chi connectivity index (χ0n) is 35.1. The number of carbonyl (C=O) groups excluding carboxylic acids is 1. The Labute approximate surface area is 350 Å². The first-order chi connectivity index (χ1) is 28.7.